The Morgan fingerprint density at radius 2 is 1.42 bits per heavy atom. The number of rotatable bonds is 14. The SMILES string of the molecule is CC1(CCC(=O)OCCSSCCOC(=O)NCC2(CC(=O)O)CCCCC2)CCCCC1.O=C=O. The fourth-order valence-corrected chi connectivity index (χ4v) is 6.61. The summed E-state index contributed by atoms with van der Waals surface area (Å²) >= 11 is 0. The zero-order chi connectivity index (χ0) is 26.7. The first kappa shape index (κ1) is 32.3. The van der Waals surface area contributed by atoms with Crippen molar-refractivity contribution in [3.63, 3.8) is 0 Å². The fraction of sp³-hybridized carbons (Fsp3) is 0.840. The Balaban J connectivity index is 0.00000205. The van der Waals surface area contributed by atoms with Gasteiger partial charge < -0.3 is 19.9 Å². The number of esters is 1. The highest BCUT2D eigenvalue weighted by atomic mass is 33.1. The zero-order valence-corrected chi connectivity index (χ0v) is 23.0. The standard InChI is InChI=1S/C24H41NO6S2.CO2/c1-23(9-4-2-5-10-23)13-8-21(28)30-14-16-32-33-17-15-31-22(29)25-19-24(18-20(26)27)11-6-3-7-12-24;2-1-3/h2-19H2,1H3,(H,25,29)(H,26,27);. The Morgan fingerprint density at radius 1 is 0.889 bits per heavy atom. The second kappa shape index (κ2) is 18.5. The summed E-state index contributed by atoms with van der Waals surface area (Å²) in [7, 11) is 3.18. The molecule has 0 aromatic heterocycles. The van der Waals surface area contributed by atoms with E-state index in [9.17, 15) is 19.5 Å². The molecule has 2 fully saturated rings. The van der Waals surface area contributed by atoms with E-state index in [1.807, 2.05) is 0 Å². The van der Waals surface area contributed by atoms with Crippen LogP contribution in [0.25, 0.3) is 0 Å². The van der Waals surface area contributed by atoms with Gasteiger partial charge in [0.05, 0.1) is 6.42 Å². The molecule has 0 atom stereocenters. The van der Waals surface area contributed by atoms with Crippen molar-refractivity contribution in [3.05, 3.63) is 0 Å². The number of aliphatic carboxylic acids is 1. The Kier molecular flexibility index (Phi) is 16.6. The highest BCUT2D eigenvalue weighted by Gasteiger charge is 2.35. The Labute approximate surface area is 222 Å². The number of amides is 1. The van der Waals surface area contributed by atoms with Crippen molar-refractivity contribution in [3.8, 4) is 0 Å². The van der Waals surface area contributed by atoms with Crippen molar-refractivity contribution in [1.29, 1.82) is 0 Å². The molecule has 11 heteroatoms. The minimum Gasteiger partial charge on any atom is -0.481 e. The Bertz CT molecular complexity index is 700. The molecular weight excluding hydrogens is 506 g/mol. The summed E-state index contributed by atoms with van der Waals surface area (Å²) in [6.45, 7) is 3.33. The van der Waals surface area contributed by atoms with Crippen LogP contribution < -0.4 is 5.32 Å². The van der Waals surface area contributed by atoms with Gasteiger partial charge in [0.1, 0.15) is 13.2 Å². The van der Waals surface area contributed by atoms with Crippen LogP contribution in [0.3, 0.4) is 0 Å². The predicted molar refractivity (Wildman–Crippen MR) is 138 cm³/mol. The van der Waals surface area contributed by atoms with E-state index in [-0.39, 0.29) is 30.6 Å². The van der Waals surface area contributed by atoms with Crippen LogP contribution in [0.4, 0.5) is 4.79 Å². The Hall–Kier alpha value is -1.71. The molecule has 0 bridgehead atoms. The van der Waals surface area contributed by atoms with Gasteiger partial charge in [0, 0.05) is 24.5 Å². The van der Waals surface area contributed by atoms with E-state index >= 15 is 0 Å². The first-order valence-electron chi connectivity index (χ1n) is 12.8. The van der Waals surface area contributed by atoms with Crippen LogP contribution in [0.5, 0.6) is 0 Å². The minimum absolute atomic E-state index is 0.0870. The van der Waals surface area contributed by atoms with E-state index in [0.717, 1.165) is 38.5 Å². The van der Waals surface area contributed by atoms with Gasteiger partial charge in [0.25, 0.3) is 0 Å². The normalized spacial score (nSPS) is 18.0. The number of carbonyl (C=O) groups is 3. The van der Waals surface area contributed by atoms with Crippen LogP contribution in [0.1, 0.15) is 90.4 Å². The monoisotopic (exact) mass is 547 g/mol. The third kappa shape index (κ3) is 14.8. The Morgan fingerprint density at radius 3 is 1.97 bits per heavy atom. The van der Waals surface area contributed by atoms with Crippen molar-refractivity contribution in [1.82, 2.24) is 5.32 Å². The molecule has 2 saturated carbocycles. The van der Waals surface area contributed by atoms with Gasteiger partial charge in [-0.2, -0.15) is 9.59 Å². The van der Waals surface area contributed by atoms with Gasteiger partial charge in [-0.25, -0.2) is 4.79 Å². The van der Waals surface area contributed by atoms with Gasteiger partial charge >= 0.3 is 24.2 Å². The van der Waals surface area contributed by atoms with Crippen LogP contribution in [-0.2, 0) is 28.7 Å². The van der Waals surface area contributed by atoms with Crippen LogP contribution in [0, 0.1) is 10.8 Å². The summed E-state index contributed by atoms with van der Waals surface area (Å²) in [5, 5.41) is 12.0. The molecule has 0 spiro atoms. The largest absolute Gasteiger partial charge is 0.481 e. The molecule has 0 heterocycles. The number of ether oxygens (including phenoxy) is 2. The summed E-state index contributed by atoms with van der Waals surface area (Å²) in [5.41, 5.74) is -0.0410. The molecule has 9 nitrogen and oxygen atoms in total. The molecule has 2 aliphatic rings. The van der Waals surface area contributed by atoms with Gasteiger partial charge in [0.15, 0.2) is 0 Å². The van der Waals surface area contributed by atoms with Crippen LogP contribution in [0.15, 0.2) is 0 Å². The number of hydrogen-bond acceptors (Lipinski definition) is 9. The lowest BCUT2D eigenvalue weighted by atomic mass is 9.72. The average Bonchev–Trinajstić information content (AvgIpc) is 2.84. The lowest BCUT2D eigenvalue weighted by molar-refractivity contribution is -0.191. The molecule has 36 heavy (non-hydrogen) atoms. The van der Waals surface area contributed by atoms with E-state index < -0.39 is 12.1 Å². The molecule has 0 aromatic rings. The van der Waals surface area contributed by atoms with Gasteiger partial charge in [-0.1, -0.05) is 67.0 Å². The summed E-state index contributed by atoms with van der Waals surface area (Å²) in [6.07, 6.45) is 12.4. The molecule has 2 rings (SSSR count). The van der Waals surface area contributed by atoms with Gasteiger partial charge in [-0.3, -0.25) is 9.59 Å². The van der Waals surface area contributed by atoms with E-state index in [0.29, 0.717) is 36.5 Å². The topological polar surface area (TPSA) is 136 Å². The number of carboxylic acid groups (broad SMARTS) is 1. The zero-order valence-electron chi connectivity index (χ0n) is 21.3. The maximum Gasteiger partial charge on any atom is 0.407 e. The molecule has 0 unspecified atom stereocenters. The first-order valence-corrected chi connectivity index (χ1v) is 15.2. The second-order valence-electron chi connectivity index (χ2n) is 9.94. The molecule has 0 saturated heterocycles. The van der Waals surface area contributed by atoms with Crippen molar-refractivity contribution >= 4 is 45.8 Å². The van der Waals surface area contributed by atoms with E-state index in [4.69, 9.17) is 19.1 Å². The maximum absolute atomic E-state index is 12.0. The first-order chi connectivity index (χ1) is 17.2. The third-order valence-corrected chi connectivity index (χ3v) is 9.29. The van der Waals surface area contributed by atoms with Crippen molar-refractivity contribution in [2.75, 3.05) is 31.3 Å². The molecule has 1 amide bonds. The fourth-order valence-electron chi connectivity index (χ4n) is 4.96. The highest BCUT2D eigenvalue weighted by Crippen LogP contribution is 2.40. The average molecular weight is 548 g/mol. The van der Waals surface area contributed by atoms with Crippen molar-refractivity contribution < 1.29 is 38.6 Å². The molecule has 0 radical (unpaired) electrons. The molecule has 0 aliphatic heterocycles. The van der Waals surface area contributed by atoms with Crippen LogP contribution in [-0.4, -0.2) is 60.6 Å². The number of nitrogens with one attached hydrogen (secondary N) is 1. The summed E-state index contributed by atoms with van der Waals surface area (Å²) in [6, 6.07) is 0. The number of carboxylic acids is 1. The highest BCUT2D eigenvalue weighted by molar-refractivity contribution is 8.76. The molecule has 2 N–H and O–H groups in total. The number of carbonyl (C=O) groups excluding carboxylic acids is 4. The quantitative estimate of drug-likeness (QED) is 0.169. The van der Waals surface area contributed by atoms with Gasteiger partial charge in [-0.15, -0.1) is 0 Å². The molecule has 206 valence electrons. The smallest absolute Gasteiger partial charge is 0.407 e. The number of alkyl carbamates (subject to hydrolysis) is 1. The van der Waals surface area contributed by atoms with Crippen molar-refractivity contribution in [2.45, 2.75) is 90.4 Å². The lowest BCUT2D eigenvalue weighted by Gasteiger charge is -2.36. The van der Waals surface area contributed by atoms with E-state index in [2.05, 4.69) is 12.2 Å². The number of hydrogen-bond donors (Lipinski definition) is 2. The van der Waals surface area contributed by atoms with Gasteiger partial charge in [0.2, 0.25) is 0 Å². The van der Waals surface area contributed by atoms with E-state index in [1.165, 1.54) is 32.1 Å². The molecule has 2 aliphatic carbocycles. The molecule has 0 aromatic carbocycles. The molecular formula is C25H41NO8S2. The maximum atomic E-state index is 12.0. The van der Waals surface area contributed by atoms with E-state index in [1.54, 1.807) is 21.6 Å². The van der Waals surface area contributed by atoms with Crippen LogP contribution in [0.2, 0.25) is 0 Å². The van der Waals surface area contributed by atoms with Crippen molar-refractivity contribution in [2.24, 2.45) is 10.8 Å². The summed E-state index contributed by atoms with van der Waals surface area (Å²) in [5.74, 6) is 0.429. The summed E-state index contributed by atoms with van der Waals surface area (Å²) in [4.78, 5) is 51.4. The minimum atomic E-state index is -0.815. The lowest BCUT2D eigenvalue weighted by Crippen LogP contribution is -2.40. The van der Waals surface area contributed by atoms with Crippen LogP contribution >= 0.6 is 21.6 Å². The summed E-state index contributed by atoms with van der Waals surface area (Å²) < 4.78 is 10.5. The van der Waals surface area contributed by atoms with Gasteiger partial charge in [-0.05, 0) is 42.9 Å². The second-order valence-corrected chi connectivity index (χ2v) is 12.6. The third-order valence-electron chi connectivity index (χ3n) is 6.95. The predicted octanol–water partition coefficient (Wildman–Crippen LogP) is 5.23.